The predicted octanol–water partition coefficient (Wildman–Crippen LogP) is 2.73. The zero-order valence-electron chi connectivity index (χ0n) is 11.0. The molecule has 0 atom stereocenters. The summed E-state index contributed by atoms with van der Waals surface area (Å²) < 4.78 is 5.36. The first-order valence-corrected chi connectivity index (χ1v) is 6.25. The molecule has 0 amide bonds. The summed E-state index contributed by atoms with van der Waals surface area (Å²) in [6.45, 7) is 10.2. The van der Waals surface area contributed by atoms with Crippen molar-refractivity contribution >= 4 is 11.4 Å². The van der Waals surface area contributed by atoms with Crippen molar-refractivity contribution in [3.05, 3.63) is 24.3 Å². The fourth-order valence-corrected chi connectivity index (χ4v) is 2.01. The zero-order chi connectivity index (χ0) is 12.3. The smallest absolute Gasteiger partial charge is 0.0642 e. The molecule has 1 aliphatic rings. The number of benzene rings is 1. The van der Waals surface area contributed by atoms with E-state index in [-0.39, 0.29) is 5.54 Å². The fourth-order valence-electron chi connectivity index (χ4n) is 2.01. The van der Waals surface area contributed by atoms with Crippen LogP contribution >= 0.6 is 0 Å². The minimum absolute atomic E-state index is 0.112. The summed E-state index contributed by atoms with van der Waals surface area (Å²) in [4.78, 5) is 2.37. The second-order valence-corrected chi connectivity index (χ2v) is 5.52. The number of rotatable bonds is 2. The Labute approximate surface area is 104 Å². The lowest BCUT2D eigenvalue weighted by Gasteiger charge is -2.29. The van der Waals surface area contributed by atoms with Gasteiger partial charge in [-0.1, -0.05) is 0 Å². The number of anilines is 2. The molecule has 0 aliphatic carbocycles. The van der Waals surface area contributed by atoms with Crippen LogP contribution in [0.5, 0.6) is 0 Å². The van der Waals surface area contributed by atoms with Gasteiger partial charge < -0.3 is 15.0 Å². The molecule has 17 heavy (non-hydrogen) atoms. The van der Waals surface area contributed by atoms with Crippen molar-refractivity contribution < 1.29 is 4.74 Å². The van der Waals surface area contributed by atoms with Crippen LogP contribution < -0.4 is 10.2 Å². The summed E-state index contributed by atoms with van der Waals surface area (Å²) in [7, 11) is 0. The summed E-state index contributed by atoms with van der Waals surface area (Å²) in [6, 6.07) is 8.66. The molecular weight excluding hydrogens is 212 g/mol. The lowest BCUT2D eigenvalue weighted by atomic mass is 10.1. The molecular formula is C14H22N2O. The highest BCUT2D eigenvalue weighted by atomic mass is 16.5. The van der Waals surface area contributed by atoms with E-state index in [0.717, 1.165) is 26.3 Å². The highest BCUT2D eigenvalue weighted by Crippen LogP contribution is 2.21. The number of morpholine rings is 1. The van der Waals surface area contributed by atoms with Gasteiger partial charge in [0.1, 0.15) is 0 Å². The fraction of sp³-hybridized carbons (Fsp3) is 0.571. The van der Waals surface area contributed by atoms with Gasteiger partial charge in [-0.15, -0.1) is 0 Å². The molecule has 1 saturated heterocycles. The number of hydrogen-bond donors (Lipinski definition) is 1. The minimum atomic E-state index is 0.112. The van der Waals surface area contributed by atoms with Crippen LogP contribution in [-0.2, 0) is 4.74 Å². The monoisotopic (exact) mass is 234 g/mol. The molecule has 1 aliphatic heterocycles. The van der Waals surface area contributed by atoms with Crippen molar-refractivity contribution in [2.24, 2.45) is 0 Å². The third-order valence-corrected chi connectivity index (χ3v) is 2.76. The second-order valence-electron chi connectivity index (χ2n) is 5.52. The highest BCUT2D eigenvalue weighted by molar-refractivity contribution is 5.56. The van der Waals surface area contributed by atoms with Crippen LogP contribution in [0.4, 0.5) is 11.4 Å². The maximum absolute atomic E-state index is 5.36. The van der Waals surface area contributed by atoms with Crippen molar-refractivity contribution in [3.8, 4) is 0 Å². The summed E-state index contributed by atoms with van der Waals surface area (Å²) in [5.74, 6) is 0. The van der Waals surface area contributed by atoms with Gasteiger partial charge in [0.2, 0.25) is 0 Å². The average molecular weight is 234 g/mol. The van der Waals surface area contributed by atoms with Crippen LogP contribution in [0.1, 0.15) is 20.8 Å². The Morgan fingerprint density at radius 2 is 1.65 bits per heavy atom. The van der Waals surface area contributed by atoms with E-state index >= 15 is 0 Å². The third kappa shape index (κ3) is 3.63. The van der Waals surface area contributed by atoms with Crippen LogP contribution in [0, 0.1) is 0 Å². The first kappa shape index (κ1) is 12.2. The molecule has 0 aromatic heterocycles. The quantitative estimate of drug-likeness (QED) is 0.851. The van der Waals surface area contributed by atoms with E-state index in [0.29, 0.717) is 0 Å². The van der Waals surface area contributed by atoms with Gasteiger partial charge in [0.15, 0.2) is 0 Å². The molecule has 0 unspecified atom stereocenters. The Kier molecular flexibility index (Phi) is 3.57. The van der Waals surface area contributed by atoms with E-state index in [4.69, 9.17) is 4.74 Å². The van der Waals surface area contributed by atoms with Crippen molar-refractivity contribution in [1.82, 2.24) is 0 Å². The van der Waals surface area contributed by atoms with E-state index in [1.807, 2.05) is 0 Å². The average Bonchev–Trinajstić information content (AvgIpc) is 2.29. The molecule has 1 heterocycles. The Bertz CT molecular complexity index is 347. The number of nitrogens with one attached hydrogen (secondary N) is 1. The maximum Gasteiger partial charge on any atom is 0.0642 e. The molecule has 3 nitrogen and oxygen atoms in total. The Morgan fingerprint density at radius 1 is 1.06 bits per heavy atom. The lowest BCUT2D eigenvalue weighted by Crippen LogP contribution is -2.36. The minimum Gasteiger partial charge on any atom is -0.380 e. The van der Waals surface area contributed by atoms with Gasteiger partial charge >= 0.3 is 0 Å². The highest BCUT2D eigenvalue weighted by Gasteiger charge is 2.12. The van der Waals surface area contributed by atoms with Crippen molar-refractivity contribution in [2.45, 2.75) is 26.3 Å². The molecule has 0 spiro atoms. The molecule has 0 saturated carbocycles. The first-order valence-electron chi connectivity index (χ1n) is 6.25. The molecule has 0 bridgehead atoms. The summed E-state index contributed by atoms with van der Waals surface area (Å²) >= 11 is 0. The summed E-state index contributed by atoms with van der Waals surface area (Å²) in [5, 5.41) is 3.47. The van der Waals surface area contributed by atoms with Gasteiger partial charge in [-0.25, -0.2) is 0 Å². The van der Waals surface area contributed by atoms with Crippen LogP contribution in [-0.4, -0.2) is 31.8 Å². The van der Waals surface area contributed by atoms with Gasteiger partial charge in [0.25, 0.3) is 0 Å². The van der Waals surface area contributed by atoms with E-state index in [2.05, 4.69) is 55.3 Å². The van der Waals surface area contributed by atoms with Crippen LogP contribution in [0.15, 0.2) is 24.3 Å². The molecule has 0 radical (unpaired) electrons. The van der Waals surface area contributed by atoms with Gasteiger partial charge in [-0.2, -0.15) is 0 Å². The van der Waals surface area contributed by atoms with E-state index in [9.17, 15) is 0 Å². The van der Waals surface area contributed by atoms with Crippen LogP contribution in [0.25, 0.3) is 0 Å². The topological polar surface area (TPSA) is 24.5 Å². The Balaban J connectivity index is 2.02. The molecule has 1 aromatic carbocycles. The third-order valence-electron chi connectivity index (χ3n) is 2.76. The van der Waals surface area contributed by atoms with Gasteiger partial charge in [0, 0.05) is 30.0 Å². The van der Waals surface area contributed by atoms with E-state index in [1.165, 1.54) is 11.4 Å². The lowest BCUT2D eigenvalue weighted by molar-refractivity contribution is 0.122. The molecule has 1 fully saturated rings. The standard InChI is InChI=1S/C14H22N2O/c1-14(2,3)15-12-4-6-13(7-5-12)16-8-10-17-11-9-16/h4-7,15H,8-11H2,1-3H3. The molecule has 1 aromatic rings. The van der Waals surface area contributed by atoms with Crippen LogP contribution in [0.3, 0.4) is 0 Å². The number of nitrogens with zero attached hydrogens (tertiary/aromatic N) is 1. The summed E-state index contributed by atoms with van der Waals surface area (Å²) in [5.41, 5.74) is 2.57. The number of ether oxygens (including phenoxy) is 1. The zero-order valence-corrected chi connectivity index (χ0v) is 11.0. The second kappa shape index (κ2) is 4.96. The Morgan fingerprint density at radius 3 is 2.18 bits per heavy atom. The van der Waals surface area contributed by atoms with Crippen molar-refractivity contribution in [3.63, 3.8) is 0 Å². The molecule has 1 N–H and O–H groups in total. The summed E-state index contributed by atoms with van der Waals surface area (Å²) in [6.07, 6.45) is 0. The van der Waals surface area contributed by atoms with Gasteiger partial charge in [-0.3, -0.25) is 0 Å². The first-order chi connectivity index (χ1) is 8.04. The van der Waals surface area contributed by atoms with Gasteiger partial charge in [0.05, 0.1) is 13.2 Å². The Hall–Kier alpha value is -1.22. The molecule has 94 valence electrons. The van der Waals surface area contributed by atoms with E-state index < -0.39 is 0 Å². The predicted molar refractivity (Wildman–Crippen MR) is 72.8 cm³/mol. The number of hydrogen-bond acceptors (Lipinski definition) is 3. The van der Waals surface area contributed by atoms with Gasteiger partial charge in [-0.05, 0) is 45.0 Å². The normalized spacial score (nSPS) is 17.0. The largest absolute Gasteiger partial charge is 0.380 e. The van der Waals surface area contributed by atoms with Crippen molar-refractivity contribution in [1.29, 1.82) is 0 Å². The van der Waals surface area contributed by atoms with Crippen molar-refractivity contribution in [2.75, 3.05) is 36.5 Å². The van der Waals surface area contributed by atoms with E-state index in [1.54, 1.807) is 0 Å². The molecule has 2 rings (SSSR count). The molecule has 3 heteroatoms. The maximum atomic E-state index is 5.36. The van der Waals surface area contributed by atoms with Crippen LogP contribution in [0.2, 0.25) is 0 Å². The SMILES string of the molecule is CC(C)(C)Nc1ccc(N2CCOCC2)cc1.